The molecule has 1 aromatic heterocycles. The smallest absolute Gasteiger partial charge is 0.151 e. The average molecular weight is 176 g/mol. The molecule has 13 heavy (non-hydrogen) atoms. The van der Waals surface area contributed by atoms with Crippen molar-refractivity contribution < 1.29 is 4.79 Å². The van der Waals surface area contributed by atoms with E-state index in [1.165, 1.54) is 5.56 Å². The number of nitrogens with zero attached hydrogens (tertiary/aromatic N) is 2. The van der Waals surface area contributed by atoms with Crippen LogP contribution in [0.4, 0.5) is 0 Å². The number of hydrogen-bond donors (Lipinski definition) is 0. The fourth-order valence-corrected chi connectivity index (χ4v) is 1.95. The third-order valence-corrected chi connectivity index (χ3v) is 2.49. The largest absolute Gasteiger partial charge is 0.298 e. The monoisotopic (exact) mass is 176 g/mol. The lowest BCUT2D eigenvalue weighted by atomic mass is 10.1. The SMILES string of the molecule is CC(=O)C1c2cnccc2CN1C. The van der Waals surface area contributed by atoms with E-state index >= 15 is 0 Å². The quantitative estimate of drug-likeness (QED) is 0.643. The maximum absolute atomic E-state index is 11.3. The van der Waals surface area contributed by atoms with Gasteiger partial charge >= 0.3 is 0 Å². The Balaban J connectivity index is 2.46. The Labute approximate surface area is 77.4 Å². The van der Waals surface area contributed by atoms with Crippen molar-refractivity contribution in [3.63, 3.8) is 0 Å². The summed E-state index contributed by atoms with van der Waals surface area (Å²) in [6.45, 7) is 2.48. The van der Waals surface area contributed by atoms with E-state index in [1.54, 1.807) is 19.3 Å². The summed E-state index contributed by atoms with van der Waals surface area (Å²) in [4.78, 5) is 17.4. The van der Waals surface area contributed by atoms with E-state index in [0.29, 0.717) is 0 Å². The first kappa shape index (κ1) is 8.38. The number of likely N-dealkylation sites (N-methyl/N-ethyl adjacent to an activating group) is 1. The fraction of sp³-hybridized carbons (Fsp3) is 0.400. The third-order valence-electron chi connectivity index (χ3n) is 2.49. The Bertz CT molecular complexity index is 349. The number of Topliss-reactive ketones (excluding diaryl/α,β-unsaturated/α-hetero) is 1. The Morgan fingerprint density at radius 3 is 3.15 bits per heavy atom. The molecular weight excluding hydrogens is 164 g/mol. The van der Waals surface area contributed by atoms with Crippen molar-refractivity contribution in [1.82, 2.24) is 9.88 Å². The number of aromatic nitrogens is 1. The highest BCUT2D eigenvalue weighted by molar-refractivity contribution is 5.83. The molecule has 0 saturated carbocycles. The summed E-state index contributed by atoms with van der Waals surface area (Å²) < 4.78 is 0. The molecule has 1 atom stereocenters. The zero-order chi connectivity index (χ0) is 9.42. The molecule has 1 unspecified atom stereocenters. The Morgan fingerprint density at radius 1 is 1.69 bits per heavy atom. The van der Waals surface area contributed by atoms with Gasteiger partial charge in [-0.25, -0.2) is 0 Å². The van der Waals surface area contributed by atoms with Crippen molar-refractivity contribution in [2.75, 3.05) is 7.05 Å². The van der Waals surface area contributed by atoms with Crippen LogP contribution in [0.5, 0.6) is 0 Å². The number of carbonyl (C=O) groups excluding carboxylic acids is 1. The van der Waals surface area contributed by atoms with Crippen molar-refractivity contribution in [2.45, 2.75) is 19.5 Å². The molecule has 0 fully saturated rings. The lowest BCUT2D eigenvalue weighted by Crippen LogP contribution is -2.22. The third kappa shape index (κ3) is 1.25. The first-order chi connectivity index (χ1) is 6.20. The number of fused-ring (bicyclic) bond motifs is 1. The van der Waals surface area contributed by atoms with Gasteiger partial charge in [-0.15, -0.1) is 0 Å². The minimum Gasteiger partial charge on any atom is -0.298 e. The highest BCUT2D eigenvalue weighted by Crippen LogP contribution is 2.31. The molecule has 0 bridgehead atoms. The van der Waals surface area contributed by atoms with Gasteiger partial charge in [-0.3, -0.25) is 14.7 Å². The molecule has 3 heteroatoms. The number of rotatable bonds is 1. The number of ketones is 1. The van der Waals surface area contributed by atoms with Gasteiger partial charge in [-0.05, 0) is 31.2 Å². The predicted octanol–water partition coefficient (Wildman–Crippen LogP) is 1.16. The molecule has 0 aromatic carbocycles. The Kier molecular flexibility index (Phi) is 1.88. The van der Waals surface area contributed by atoms with Crippen LogP contribution in [0.2, 0.25) is 0 Å². The van der Waals surface area contributed by atoms with Crippen LogP contribution in [0.15, 0.2) is 18.5 Å². The van der Waals surface area contributed by atoms with E-state index in [9.17, 15) is 4.79 Å². The molecule has 0 saturated heterocycles. The summed E-state index contributed by atoms with van der Waals surface area (Å²) in [6, 6.07) is 1.90. The van der Waals surface area contributed by atoms with Crippen LogP contribution < -0.4 is 0 Å². The maximum Gasteiger partial charge on any atom is 0.151 e. The van der Waals surface area contributed by atoms with Gasteiger partial charge < -0.3 is 0 Å². The second kappa shape index (κ2) is 2.92. The van der Waals surface area contributed by atoms with E-state index in [2.05, 4.69) is 9.88 Å². The van der Waals surface area contributed by atoms with Crippen LogP contribution in [0.1, 0.15) is 24.1 Å². The molecule has 0 amide bonds. The van der Waals surface area contributed by atoms with E-state index in [-0.39, 0.29) is 11.8 Å². The first-order valence-corrected chi connectivity index (χ1v) is 4.33. The van der Waals surface area contributed by atoms with Gasteiger partial charge in [0.25, 0.3) is 0 Å². The van der Waals surface area contributed by atoms with Crippen LogP contribution in [0.3, 0.4) is 0 Å². The second-order valence-corrected chi connectivity index (χ2v) is 3.50. The summed E-state index contributed by atoms with van der Waals surface area (Å²) in [6.07, 6.45) is 3.57. The van der Waals surface area contributed by atoms with Gasteiger partial charge in [0.15, 0.2) is 5.78 Å². The van der Waals surface area contributed by atoms with Gasteiger partial charge in [-0.1, -0.05) is 0 Å². The standard InChI is InChI=1S/C10H12N2O/c1-7(13)10-9-5-11-4-3-8(9)6-12(10)2/h3-5,10H,6H2,1-2H3. The predicted molar refractivity (Wildman–Crippen MR) is 49.1 cm³/mol. The van der Waals surface area contributed by atoms with E-state index in [0.717, 1.165) is 12.1 Å². The van der Waals surface area contributed by atoms with Crippen LogP contribution in [0.25, 0.3) is 0 Å². The first-order valence-electron chi connectivity index (χ1n) is 4.33. The van der Waals surface area contributed by atoms with Crippen LogP contribution in [-0.2, 0) is 11.3 Å². The Hall–Kier alpha value is -1.22. The number of pyridine rings is 1. The molecule has 1 aromatic rings. The summed E-state index contributed by atoms with van der Waals surface area (Å²) in [7, 11) is 1.96. The van der Waals surface area contributed by atoms with E-state index < -0.39 is 0 Å². The molecule has 1 aliphatic rings. The average Bonchev–Trinajstić information content (AvgIpc) is 2.39. The molecule has 2 heterocycles. The number of carbonyl (C=O) groups is 1. The van der Waals surface area contributed by atoms with Crippen molar-refractivity contribution >= 4 is 5.78 Å². The minimum atomic E-state index is -0.0799. The van der Waals surface area contributed by atoms with E-state index in [1.807, 2.05) is 13.1 Å². The molecule has 0 aliphatic carbocycles. The van der Waals surface area contributed by atoms with Gasteiger partial charge in [0.1, 0.15) is 0 Å². The number of hydrogen-bond acceptors (Lipinski definition) is 3. The van der Waals surface area contributed by atoms with Gasteiger partial charge in [0.2, 0.25) is 0 Å². The van der Waals surface area contributed by atoms with Crippen LogP contribution in [0, 0.1) is 0 Å². The molecule has 2 rings (SSSR count). The van der Waals surface area contributed by atoms with Gasteiger partial charge in [-0.2, -0.15) is 0 Å². The molecule has 68 valence electrons. The highest BCUT2D eigenvalue weighted by Gasteiger charge is 2.30. The normalized spacial score (nSPS) is 21.5. The molecule has 0 spiro atoms. The van der Waals surface area contributed by atoms with Crippen LogP contribution >= 0.6 is 0 Å². The zero-order valence-electron chi connectivity index (χ0n) is 7.82. The minimum absolute atomic E-state index is 0.0799. The van der Waals surface area contributed by atoms with Crippen LogP contribution in [-0.4, -0.2) is 22.7 Å². The lowest BCUT2D eigenvalue weighted by molar-refractivity contribution is -0.121. The van der Waals surface area contributed by atoms with Crippen molar-refractivity contribution in [2.24, 2.45) is 0 Å². The van der Waals surface area contributed by atoms with Crippen molar-refractivity contribution in [3.8, 4) is 0 Å². The molecule has 1 aliphatic heterocycles. The fourth-order valence-electron chi connectivity index (χ4n) is 1.95. The van der Waals surface area contributed by atoms with Gasteiger partial charge in [0, 0.05) is 18.9 Å². The zero-order valence-corrected chi connectivity index (χ0v) is 7.82. The summed E-state index contributed by atoms with van der Waals surface area (Å²) >= 11 is 0. The topological polar surface area (TPSA) is 33.2 Å². The Morgan fingerprint density at radius 2 is 2.46 bits per heavy atom. The van der Waals surface area contributed by atoms with Gasteiger partial charge in [0.05, 0.1) is 6.04 Å². The summed E-state index contributed by atoms with van der Waals surface area (Å²) in [5.41, 5.74) is 2.29. The molecule has 0 radical (unpaired) electrons. The van der Waals surface area contributed by atoms with E-state index in [4.69, 9.17) is 0 Å². The summed E-state index contributed by atoms with van der Waals surface area (Å²) in [5, 5.41) is 0. The maximum atomic E-state index is 11.3. The molecular formula is C10H12N2O. The molecule has 3 nitrogen and oxygen atoms in total. The lowest BCUT2D eigenvalue weighted by Gasteiger charge is -2.16. The summed E-state index contributed by atoms with van der Waals surface area (Å²) in [5.74, 6) is 0.189. The van der Waals surface area contributed by atoms with Crippen molar-refractivity contribution in [1.29, 1.82) is 0 Å². The highest BCUT2D eigenvalue weighted by atomic mass is 16.1. The van der Waals surface area contributed by atoms with Crippen molar-refractivity contribution in [3.05, 3.63) is 29.6 Å². The molecule has 0 N–H and O–H groups in total. The second-order valence-electron chi connectivity index (χ2n) is 3.50.